The molecule has 1 unspecified atom stereocenters. The average molecular weight is 214 g/mol. The molecule has 0 amide bonds. The van der Waals surface area contributed by atoms with Crippen molar-refractivity contribution < 1.29 is 19.8 Å². The number of allylic oxidation sites excluding steroid dienone is 2. The van der Waals surface area contributed by atoms with Crippen LogP contribution in [0.15, 0.2) is 12.2 Å². The Balaban J connectivity index is 3.38. The molecule has 2 N–H and O–H groups in total. The molecule has 1 atom stereocenters. The highest BCUT2D eigenvalue weighted by Gasteiger charge is 2.08. The first kappa shape index (κ1) is 13.7. The van der Waals surface area contributed by atoms with Gasteiger partial charge in [-0.25, -0.2) is 0 Å². The second kappa shape index (κ2) is 8.03. The van der Waals surface area contributed by atoms with Crippen molar-refractivity contribution in [3.8, 4) is 0 Å². The predicted molar refractivity (Wildman–Crippen MR) is 56.7 cm³/mol. The minimum atomic E-state index is -0.792. The first-order valence-electron chi connectivity index (χ1n) is 5.13. The second-order valence-corrected chi connectivity index (χ2v) is 3.57. The highest BCUT2D eigenvalue weighted by molar-refractivity contribution is 5.69. The smallest absolute Gasteiger partial charge is 0.306 e. The maximum absolute atomic E-state index is 10.5. The third-order valence-electron chi connectivity index (χ3n) is 2.12. The van der Waals surface area contributed by atoms with Crippen LogP contribution in [-0.2, 0) is 9.59 Å². The van der Waals surface area contributed by atoms with E-state index in [4.69, 9.17) is 10.2 Å². The lowest BCUT2D eigenvalue weighted by molar-refractivity contribution is -0.141. The Morgan fingerprint density at radius 2 is 1.80 bits per heavy atom. The molecule has 0 fully saturated rings. The van der Waals surface area contributed by atoms with Gasteiger partial charge in [-0.1, -0.05) is 19.1 Å². The maximum atomic E-state index is 10.5. The van der Waals surface area contributed by atoms with E-state index >= 15 is 0 Å². The van der Waals surface area contributed by atoms with Crippen LogP contribution in [0, 0.1) is 5.92 Å². The lowest BCUT2D eigenvalue weighted by atomic mass is 10.0. The summed E-state index contributed by atoms with van der Waals surface area (Å²) in [4.78, 5) is 20.6. The van der Waals surface area contributed by atoms with Crippen molar-refractivity contribution in [1.82, 2.24) is 0 Å². The van der Waals surface area contributed by atoms with Crippen molar-refractivity contribution in [2.24, 2.45) is 5.92 Å². The first-order chi connectivity index (χ1) is 7.04. The van der Waals surface area contributed by atoms with Gasteiger partial charge in [0.05, 0.1) is 5.92 Å². The fraction of sp³-hybridized carbons (Fsp3) is 0.636. The molecule has 0 aliphatic heterocycles. The van der Waals surface area contributed by atoms with Gasteiger partial charge >= 0.3 is 11.9 Å². The number of aliphatic carboxylic acids is 2. The molecule has 0 saturated carbocycles. The average Bonchev–Trinajstić information content (AvgIpc) is 2.15. The van der Waals surface area contributed by atoms with Crippen LogP contribution in [0.4, 0.5) is 0 Å². The van der Waals surface area contributed by atoms with Gasteiger partial charge in [-0.05, 0) is 25.7 Å². The van der Waals surface area contributed by atoms with Crippen LogP contribution in [0.1, 0.15) is 39.0 Å². The van der Waals surface area contributed by atoms with Crippen LogP contribution < -0.4 is 0 Å². The van der Waals surface area contributed by atoms with Crippen molar-refractivity contribution in [3.05, 3.63) is 12.2 Å². The number of rotatable bonds is 8. The van der Waals surface area contributed by atoms with E-state index in [1.54, 1.807) is 6.92 Å². The molecule has 0 aromatic carbocycles. The molecule has 15 heavy (non-hydrogen) atoms. The van der Waals surface area contributed by atoms with Crippen LogP contribution >= 0.6 is 0 Å². The highest BCUT2D eigenvalue weighted by atomic mass is 16.4. The first-order valence-corrected chi connectivity index (χ1v) is 5.13. The normalized spacial score (nSPS) is 12.9. The monoisotopic (exact) mass is 214 g/mol. The second-order valence-electron chi connectivity index (χ2n) is 3.57. The molecular formula is C11H18O4. The number of carboxylic acid groups (broad SMARTS) is 2. The third kappa shape index (κ3) is 9.00. The van der Waals surface area contributed by atoms with Crippen LogP contribution in [0.2, 0.25) is 0 Å². The number of carbonyl (C=O) groups is 2. The molecular weight excluding hydrogens is 196 g/mol. The molecule has 4 nitrogen and oxygen atoms in total. The van der Waals surface area contributed by atoms with E-state index in [0.29, 0.717) is 12.8 Å². The van der Waals surface area contributed by atoms with Gasteiger partial charge in [0.2, 0.25) is 0 Å². The van der Waals surface area contributed by atoms with E-state index in [1.807, 2.05) is 12.2 Å². The fourth-order valence-corrected chi connectivity index (χ4v) is 1.11. The van der Waals surface area contributed by atoms with Crippen molar-refractivity contribution in [1.29, 1.82) is 0 Å². The van der Waals surface area contributed by atoms with E-state index in [2.05, 4.69) is 0 Å². The Morgan fingerprint density at radius 3 is 2.33 bits per heavy atom. The Bertz CT molecular complexity index is 233. The Morgan fingerprint density at radius 1 is 1.20 bits per heavy atom. The van der Waals surface area contributed by atoms with E-state index < -0.39 is 11.9 Å². The summed E-state index contributed by atoms with van der Waals surface area (Å²) in [7, 11) is 0. The van der Waals surface area contributed by atoms with E-state index in [0.717, 1.165) is 12.8 Å². The van der Waals surface area contributed by atoms with Gasteiger partial charge in [0.25, 0.3) is 0 Å². The summed E-state index contributed by atoms with van der Waals surface area (Å²) in [6.45, 7) is 1.69. The zero-order valence-corrected chi connectivity index (χ0v) is 8.98. The van der Waals surface area contributed by atoms with Gasteiger partial charge in [0.1, 0.15) is 0 Å². The maximum Gasteiger partial charge on any atom is 0.306 e. The van der Waals surface area contributed by atoms with Gasteiger partial charge in [-0.2, -0.15) is 0 Å². The summed E-state index contributed by atoms with van der Waals surface area (Å²) in [5.41, 5.74) is 0. The van der Waals surface area contributed by atoms with E-state index in [-0.39, 0.29) is 12.3 Å². The SMILES string of the molecule is CC(CCCC=CCCC(=O)O)C(=O)O. The molecule has 0 rings (SSSR count). The molecule has 0 aliphatic rings. The largest absolute Gasteiger partial charge is 0.481 e. The molecule has 0 saturated heterocycles. The summed E-state index contributed by atoms with van der Waals surface area (Å²) < 4.78 is 0. The fourth-order valence-electron chi connectivity index (χ4n) is 1.11. The lowest BCUT2D eigenvalue weighted by Gasteiger charge is -2.02. The van der Waals surface area contributed by atoms with Crippen LogP contribution in [0.5, 0.6) is 0 Å². The van der Waals surface area contributed by atoms with Gasteiger partial charge in [-0.15, -0.1) is 0 Å². The van der Waals surface area contributed by atoms with Gasteiger partial charge in [0, 0.05) is 6.42 Å². The molecule has 0 aliphatic carbocycles. The predicted octanol–water partition coefficient (Wildman–Crippen LogP) is 2.30. The Hall–Kier alpha value is -1.32. The van der Waals surface area contributed by atoms with E-state index in [1.165, 1.54) is 0 Å². The quantitative estimate of drug-likeness (QED) is 0.480. The van der Waals surface area contributed by atoms with Crippen molar-refractivity contribution in [2.45, 2.75) is 39.0 Å². The molecule has 0 spiro atoms. The van der Waals surface area contributed by atoms with E-state index in [9.17, 15) is 9.59 Å². The minimum absolute atomic E-state index is 0.155. The van der Waals surface area contributed by atoms with Gasteiger partial charge in [-0.3, -0.25) is 9.59 Å². The standard InChI is InChI=1S/C11H18O4/c1-9(11(14)15)7-5-3-2-4-6-8-10(12)13/h2,4,9H,3,5-8H2,1H3,(H,12,13)(H,14,15). The van der Waals surface area contributed by atoms with Crippen LogP contribution in [0.3, 0.4) is 0 Å². The molecule has 0 radical (unpaired) electrons. The summed E-state index contributed by atoms with van der Waals surface area (Å²) in [5.74, 6) is -1.85. The Kier molecular flexibility index (Phi) is 7.32. The number of hydrogen-bond acceptors (Lipinski definition) is 2. The molecule has 4 heteroatoms. The van der Waals surface area contributed by atoms with Crippen LogP contribution in [-0.4, -0.2) is 22.2 Å². The number of carboxylic acids is 2. The van der Waals surface area contributed by atoms with Crippen molar-refractivity contribution in [2.75, 3.05) is 0 Å². The lowest BCUT2D eigenvalue weighted by Crippen LogP contribution is -2.08. The van der Waals surface area contributed by atoms with Gasteiger partial charge in [0.15, 0.2) is 0 Å². The minimum Gasteiger partial charge on any atom is -0.481 e. The van der Waals surface area contributed by atoms with Crippen molar-refractivity contribution >= 4 is 11.9 Å². The molecule has 86 valence electrons. The molecule has 0 aromatic rings. The summed E-state index contributed by atoms with van der Waals surface area (Å²) in [5, 5.41) is 17.0. The summed E-state index contributed by atoms with van der Waals surface area (Å²) in [6, 6.07) is 0. The Labute approximate surface area is 89.6 Å². The number of unbranched alkanes of at least 4 members (excludes halogenated alkanes) is 1. The summed E-state index contributed by atoms with van der Waals surface area (Å²) in [6.07, 6.45) is 6.76. The molecule has 0 heterocycles. The van der Waals surface area contributed by atoms with Gasteiger partial charge < -0.3 is 10.2 Å². The van der Waals surface area contributed by atoms with Crippen LogP contribution in [0.25, 0.3) is 0 Å². The summed E-state index contributed by atoms with van der Waals surface area (Å²) >= 11 is 0. The number of hydrogen-bond donors (Lipinski definition) is 2. The van der Waals surface area contributed by atoms with Crippen molar-refractivity contribution in [3.63, 3.8) is 0 Å². The zero-order chi connectivity index (χ0) is 11.7. The zero-order valence-electron chi connectivity index (χ0n) is 8.98. The molecule has 0 aromatic heterocycles. The topological polar surface area (TPSA) is 74.6 Å². The molecule has 0 bridgehead atoms. The highest BCUT2D eigenvalue weighted by Crippen LogP contribution is 2.08. The third-order valence-corrected chi connectivity index (χ3v) is 2.12.